The Kier molecular flexibility index (Phi) is 3.88. The molecule has 0 bridgehead atoms. The highest BCUT2D eigenvalue weighted by Gasteiger charge is 2.35. The van der Waals surface area contributed by atoms with Crippen molar-refractivity contribution in [2.24, 2.45) is 5.92 Å². The molecule has 0 N–H and O–H groups in total. The molecule has 1 saturated heterocycles. The third-order valence-electron chi connectivity index (χ3n) is 3.53. The second-order valence-electron chi connectivity index (χ2n) is 5.17. The first-order valence-electron chi connectivity index (χ1n) is 6.51. The van der Waals surface area contributed by atoms with E-state index in [9.17, 15) is 9.59 Å². The van der Waals surface area contributed by atoms with E-state index in [4.69, 9.17) is 4.74 Å². The number of carbonyl (C=O) groups is 2. The van der Waals surface area contributed by atoms with Crippen molar-refractivity contribution in [1.29, 1.82) is 0 Å². The lowest BCUT2D eigenvalue weighted by atomic mass is 10.0. The predicted octanol–water partition coefficient (Wildman–Crippen LogP) is 2.34. The molecule has 0 aliphatic carbocycles. The van der Waals surface area contributed by atoms with E-state index in [2.05, 4.69) is 13.8 Å². The van der Waals surface area contributed by atoms with Gasteiger partial charge in [0.25, 0.3) is 0 Å². The van der Waals surface area contributed by atoms with E-state index in [1.54, 1.807) is 4.90 Å². The Morgan fingerprint density at radius 2 is 1.95 bits per heavy atom. The van der Waals surface area contributed by atoms with E-state index in [0.29, 0.717) is 12.5 Å². The van der Waals surface area contributed by atoms with Gasteiger partial charge in [-0.1, -0.05) is 26.0 Å². The number of esters is 1. The number of benzene rings is 1. The molecule has 1 heterocycles. The van der Waals surface area contributed by atoms with Gasteiger partial charge in [-0.3, -0.25) is 9.59 Å². The quantitative estimate of drug-likeness (QED) is 0.785. The minimum Gasteiger partial charge on any atom is -0.469 e. The van der Waals surface area contributed by atoms with Gasteiger partial charge in [0.1, 0.15) is 0 Å². The fourth-order valence-corrected chi connectivity index (χ4v) is 2.32. The van der Waals surface area contributed by atoms with Crippen LogP contribution in [0.1, 0.15) is 31.7 Å². The number of amides is 1. The van der Waals surface area contributed by atoms with Crippen molar-refractivity contribution in [3.63, 3.8) is 0 Å². The van der Waals surface area contributed by atoms with Crippen molar-refractivity contribution in [2.45, 2.75) is 26.2 Å². The van der Waals surface area contributed by atoms with Gasteiger partial charge in [0.2, 0.25) is 5.91 Å². The maximum absolute atomic E-state index is 11.9. The molecule has 1 aromatic carbocycles. The van der Waals surface area contributed by atoms with Crippen molar-refractivity contribution in [1.82, 2.24) is 0 Å². The highest BCUT2D eigenvalue weighted by Crippen LogP contribution is 2.27. The maximum atomic E-state index is 11.9. The van der Waals surface area contributed by atoms with Crippen LogP contribution in [0.5, 0.6) is 0 Å². The van der Waals surface area contributed by atoms with Crippen LogP contribution in [0.2, 0.25) is 0 Å². The molecule has 2 rings (SSSR count). The number of hydrogen-bond acceptors (Lipinski definition) is 3. The topological polar surface area (TPSA) is 46.6 Å². The van der Waals surface area contributed by atoms with Gasteiger partial charge in [0, 0.05) is 18.7 Å². The summed E-state index contributed by atoms with van der Waals surface area (Å²) in [5.74, 6) is -0.212. The third-order valence-corrected chi connectivity index (χ3v) is 3.53. The standard InChI is InChI=1S/C15H19NO3/c1-10(2)11-4-6-13(7-5-11)16-9-12(8-14(16)17)15(18)19-3/h4-7,10,12H,8-9H2,1-3H3/t12-/m1/s1. The van der Waals surface area contributed by atoms with Gasteiger partial charge < -0.3 is 9.64 Å². The molecular weight excluding hydrogens is 242 g/mol. The monoisotopic (exact) mass is 261 g/mol. The van der Waals surface area contributed by atoms with Crippen LogP contribution in [0.15, 0.2) is 24.3 Å². The molecule has 1 atom stereocenters. The van der Waals surface area contributed by atoms with Crippen molar-refractivity contribution < 1.29 is 14.3 Å². The average molecular weight is 261 g/mol. The molecule has 0 spiro atoms. The number of methoxy groups -OCH3 is 1. The fraction of sp³-hybridized carbons (Fsp3) is 0.467. The molecule has 1 aliphatic heterocycles. The van der Waals surface area contributed by atoms with Crippen molar-refractivity contribution in [2.75, 3.05) is 18.6 Å². The SMILES string of the molecule is COC(=O)[C@@H]1CC(=O)N(c2ccc(C(C)C)cc2)C1. The molecule has 0 radical (unpaired) electrons. The van der Waals surface area contributed by atoms with Gasteiger partial charge in [-0.05, 0) is 23.6 Å². The highest BCUT2D eigenvalue weighted by atomic mass is 16.5. The zero-order chi connectivity index (χ0) is 14.0. The predicted molar refractivity (Wildman–Crippen MR) is 73.0 cm³/mol. The van der Waals surface area contributed by atoms with Crippen LogP contribution in [-0.4, -0.2) is 25.5 Å². The van der Waals surface area contributed by atoms with E-state index < -0.39 is 0 Å². The van der Waals surface area contributed by atoms with Gasteiger partial charge in [0.15, 0.2) is 0 Å². The summed E-state index contributed by atoms with van der Waals surface area (Å²) in [6.07, 6.45) is 0.235. The first-order valence-corrected chi connectivity index (χ1v) is 6.51. The van der Waals surface area contributed by atoms with Gasteiger partial charge in [-0.25, -0.2) is 0 Å². The second-order valence-corrected chi connectivity index (χ2v) is 5.17. The van der Waals surface area contributed by atoms with E-state index >= 15 is 0 Å². The molecule has 19 heavy (non-hydrogen) atoms. The van der Waals surface area contributed by atoms with Crippen molar-refractivity contribution in [3.8, 4) is 0 Å². The molecular formula is C15H19NO3. The van der Waals surface area contributed by atoms with E-state index in [-0.39, 0.29) is 24.2 Å². The third kappa shape index (κ3) is 2.78. The van der Waals surface area contributed by atoms with Crippen LogP contribution >= 0.6 is 0 Å². The summed E-state index contributed by atoms with van der Waals surface area (Å²) < 4.78 is 4.70. The summed E-state index contributed by atoms with van der Waals surface area (Å²) in [4.78, 5) is 25.1. The van der Waals surface area contributed by atoms with Crippen LogP contribution in [0.25, 0.3) is 0 Å². The van der Waals surface area contributed by atoms with E-state index in [0.717, 1.165) is 5.69 Å². The lowest BCUT2D eigenvalue weighted by Gasteiger charge is -2.17. The molecule has 1 aromatic rings. The molecule has 4 nitrogen and oxygen atoms in total. The average Bonchev–Trinajstić information content (AvgIpc) is 2.80. The molecule has 1 fully saturated rings. The summed E-state index contributed by atoms with van der Waals surface area (Å²) in [6.45, 7) is 4.67. The lowest BCUT2D eigenvalue weighted by molar-refractivity contribution is -0.145. The van der Waals surface area contributed by atoms with E-state index in [1.165, 1.54) is 12.7 Å². The summed E-state index contributed by atoms with van der Waals surface area (Å²) in [7, 11) is 1.35. The van der Waals surface area contributed by atoms with Crippen LogP contribution in [0.4, 0.5) is 5.69 Å². The fourth-order valence-electron chi connectivity index (χ4n) is 2.32. The van der Waals surface area contributed by atoms with Crippen molar-refractivity contribution in [3.05, 3.63) is 29.8 Å². The summed E-state index contributed by atoms with van der Waals surface area (Å²) in [5.41, 5.74) is 2.08. The van der Waals surface area contributed by atoms with Crippen LogP contribution in [-0.2, 0) is 14.3 Å². The summed E-state index contributed by atoms with van der Waals surface area (Å²) in [6, 6.07) is 7.93. The minimum atomic E-state index is -0.345. The lowest BCUT2D eigenvalue weighted by Crippen LogP contribution is -2.26. The molecule has 0 aromatic heterocycles. The highest BCUT2D eigenvalue weighted by molar-refractivity contribution is 5.99. The molecule has 0 unspecified atom stereocenters. The number of anilines is 1. The molecule has 102 valence electrons. The Bertz CT molecular complexity index is 479. The molecule has 1 amide bonds. The Labute approximate surface area is 113 Å². The Morgan fingerprint density at radius 1 is 1.32 bits per heavy atom. The van der Waals surface area contributed by atoms with Gasteiger partial charge >= 0.3 is 5.97 Å². The first kappa shape index (κ1) is 13.6. The largest absolute Gasteiger partial charge is 0.469 e. The van der Waals surface area contributed by atoms with Crippen LogP contribution < -0.4 is 4.90 Å². The maximum Gasteiger partial charge on any atom is 0.311 e. The molecule has 1 aliphatic rings. The van der Waals surface area contributed by atoms with Gasteiger partial charge in [-0.15, -0.1) is 0 Å². The minimum absolute atomic E-state index is 0.0207. The Hall–Kier alpha value is -1.84. The van der Waals surface area contributed by atoms with E-state index in [1.807, 2.05) is 24.3 Å². The normalized spacial score (nSPS) is 19.1. The van der Waals surface area contributed by atoms with Gasteiger partial charge in [-0.2, -0.15) is 0 Å². The van der Waals surface area contributed by atoms with Crippen molar-refractivity contribution >= 4 is 17.6 Å². The molecule has 4 heteroatoms. The number of rotatable bonds is 3. The Balaban J connectivity index is 2.14. The number of ether oxygens (including phenoxy) is 1. The smallest absolute Gasteiger partial charge is 0.311 e. The van der Waals surface area contributed by atoms with Crippen LogP contribution in [0.3, 0.4) is 0 Å². The Morgan fingerprint density at radius 3 is 2.47 bits per heavy atom. The number of nitrogens with zero attached hydrogens (tertiary/aromatic N) is 1. The second kappa shape index (κ2) is 5.43. The van der Waals surface area contributed by atoms with Gasteiger partial charge in [0.05, 0.1) is 13.0 Å². The first-order chi connectivity index (χ1) is 9.02. The number of hydrogen-bond donors (Lipinski definition) is 0. The molecule has 0 saturated carbocycles. The zero-order valence-electron chi connectivity index (χ0n) is 11.6. The van der Waals surface area contributed by atoms with Crippen LogP contribution in [0, 0.1) is 5.92 Å². The summed E-state index contributed by atoms with van der Waals surface area (Å²) in [5, 5.41) is 0. The number of carbonyl (C=O) groups excluding carboxylic acids is 2. The summed E-state index contributed by atoms with van der Waals surface area (Å²) >= 11 is 0. The zero-order valence-corrected chi connectivity index (χ0v) is 11.6.